The molecule has 2 N–H and O–H groups in total. The van der Waals surface area contributed by atoms with Crippen LogP contribution in [0, 0.1) is 0 Å². The van der Waals surface area contributed by atoms with Crippen LogP contribution in [0.4, 0.5) is 0 Å². The van der Waals surface area contributed by atoms with Crippen molar-refractivity contribution in [2.24, 2.45) is 20.9 Å². The van der Waals surface area contributed by atoms with Gasteiger partial charge in [0.15, 0.2) is 0 Å². The van der Waals surface area contributed by atoms with Crippen LogP contribution in [0.25, 0.3) is 0 Å². The first kappa shape index (κ1) is 6.33. The fourth-order valence-electron chi connectivity index (χ4n) is 1.23. The summed E-state index contributed by atoms with van der Waals surface area (Å²) in [5.41, 5.74) is 5.58. The summed E-state index contributed by atoms with van der Waals surface area (Å²) in [6.45, 7) is 0. The molecule has 0 bridgehead atoms. The van der Waals surface area contributed by atoms with E-state index < -0.39 is 0 Å². The summed E-state index contributed by atoms with van der Waals surface area (Å²) >= 11 is 0. The molecule has 0 spiro atoms. The normalized spacial score (nSPS) is 33.9. The molecule has 0 saturated heterocycles. The van der Waals surface area contributed by atoms with Crippen LogP contribution in [0.2, 0.25) is 0 Å². The van der Waals surface area contributed by atoms with Gasteiger partial charge in [0.2, 0.25) is 0 Å². The predicted molar refractivity (Wildman–Crippen MR) is 43.9 cm³/mol. The number of nitrogens with two attached hydrogens (primary N) is 1. The Balaban J connectivity index is 2.30. The lowest BCUT2D eigenvalue weighted by molar-refractivity contribution is 0.480. The molecule has 2 heterocycles. The summed E-state index contributed by atoms with van der Waals surface area (Å²) in [6, 6.07) is 0.157. The van der Waals surface area contributed by atoms with Crippen molar-refractivity contribution in [2.45, 2.75) is 12.1 Å². The molecule has 0 aromatic rings. The lowest BCUT2D eigenvalue weighted by atomic mass is 10.1. The van der Waals surface area contributed by atoms with Gasteiger partial charge in [-0.1, -0.05) is 0 Å². The SMILES string of the molecule is CN1C=NC2C(N)=NN=CC21. The van der Waals surface area contributed by atoms with E-state index in [-0.39, 0.29) is 12.1 Å². The maximum absolute atomic E-state index is 5.58. The highest BCUT2D eigenvalue weighted by atomic mass is 15.3. The van der Waals surface area contributed by atoms with Crippen LogP contribution in [0.15, 0.2) is 15.2 Å². The van der Waals surface area contributed by atoms with Crippen molar-refractivity contribution in [3.8, 4) is 0 Å². The maximum Gasteiger partial charge on any atom is 0.149 e. The van der Waals surface area contributed by atoms with Crippen molar-refractivity contribution in [2.75, 3.05) is 7.05 Å². The zero-order valence-corrected chi connectivity index (χ0v) is 6.18. The highest BCUT2D eigenvalue weighted by Crippen LogP contribution is 2.13. The Morgan fingerprint density at radius 3 is 3.18 bits per heavy atom. The molecule has 2 rings (SSSR count). The van der Waals surface area contributed by atoms with Gasteiger partial charge in [0.1, 0.15) is 11.9 Å². The molecule has 58 valence electrons. The molecule has 2 aliphatic heterocycles. The van der Waals surface area contributed by atoms with Gasteiger partial charge in [-0.3, -0.25) is 4.99 Å². The first-order valence-corrected chi connectivity index (χ1v) is 3.41. The van der Waals surface area contributed by atoms with Gasteiger partial charge >= 0.3 is 0 Å². The fraction of sp³-hybridized carbons (Fsp3) is 0.500. The Morgan fingerprint density at radius 2 is 2.45 bits per heavy atom. The Morgan fingerprint density at radius 1 is 1.64 bits per heavy atom. The van der Waals surface area contributed by atoms with Crippen LogP contribution < -0.4 is 5.73 Å². The molecule has 2 atom stereocenters. The van der Waals surface area contributed by atoms with Crippen molar-refractivity contribution in [1.82, 2.24) is 4.90 Å². The van der Waals surface area contributed by atoms with E-state index in [1.54, 1.807) is 12.6 Å². The number of aliphatic imine (C=N–C) groups is 1. The van der Waals surface area contributed by atoms with Gasteiger partial charge < -0.3 is 10.6 Å². The molecule has 0 saturated carbocycles. The minimum Gasteiger partial charge on any atom is -0.384 e. The maximum atomic E-state index is 5.58. The second-order valence-corrected chi connectivity index (χ2v) is 2.65. The first-order valence-electron chi connectivity index (χ1n) is 3.41. The van der Waals surface area contributed by atoms with Crippen molar-refractivity contribution < 1.29 is 0 Å². The third-order valence-electron chi connectivity index (χ3n) is 1.90. The second kappa shape index (κ2) is 2.05. The molecule has 11 heavy (non-hydrogen) atoms. The van der Waals surface area contributed by atoms with E-state index in [4.69, 9.17) is 5.73 Å². The summed E-state index contributed by atoms with van der Waals surface area (Å²) in [5, 5.41) is 7.50. The molecule has 2 unspecified atom stereocenters. The topological polar surface area (TPSA) is 66.3 Å². The van der Waals surface area contributed by atoms with Crippen LogP contribution in [0.3, 0.4) is 0 Å². The third kappa shape index (κ3) is 0.806. The van der Waals surface area contributed by atoms with Crippen LogP contribution in [-0.4, -0.2) is 42.4 Å². The monoisotopic (exact) mass is 151 g/mol. The standard InChI is InChI=1S/C6H9N5/c1-11-3-8-5-4(11)2-9-10-6(5)7/h2-5H,1H3,(H2,7,10). The Labute approximate surface area is 64.3 Å². The lowest BCUT2D eigenvalue weighted by Crippen LogP contribution is -2.44. The third-order valence-corrected chi connectivity index (χ3v) is 1.90. The Kier molecular flexibility index (Phi) is 1.18. The molecule has 0 radical (unpaired) electrons. The van der Waals surface area contributed by atoms with E-state index in [0.717, 1.165) is 0 Å². The minimum absolute atomic E-state index is 0.0162. The van der Waals surface area contributed by atoms with Gasteiger partial charge in [-0.2, -0.15) is 5.10 Å². The minimum atomic E-state index is -0.0162. The molecule has 0 fully saturated rings. The van der Waals surface area contributed by atoms with Crippen molar-refractivity contribution >= 4 is 18.4 Å². The Bertz CT molecular complexity index is 254. The molecular formula is C6H9N5. The first-order chi connectivity index (χ1) is 5.29. The van der Waals surface area contributed by atoms with E-state index in [0.29, 0.717) is 5.84 Å². The second-order valence-electron chi connectivity index (χ2n) is 2.65. The Hall–Kier alpha value is -1.39. The van der Waals surface area contributed by atoms with Gasteiger partial charge in [-0.25, -0.2) is 0 Å². The van der Waals surface area contributed by atoms with E-state index in [1.807, 2.05) is 11.9 Å². The van der Waals surface area contributed by atoms with E-state index in [2.05, 4.69) is 15.2 Å². The number of fused-ring (bicyclic) bond motifs is 1. The summed E-state index contributed by atoms with van der Waals surface area (Å²) in [6.07, 6.45) is 3.52. The van der Waals surface area contributed by atoms with Crippen molar-refractivity contribution in [3.63, 3.8) is 0 Å². The average Bonchev–Trinajstić information content (AvgIpc) is 2.35. The highest BCUT2D eigenvalue weighted by Gasteiger charge is 2.31. The summed E-state index contributed by atoms with van der Waals surface area (Å²) < 4.78 is 0. The highest BCUT2D eigenvalue weighted by molar-refractivity contribution is 5.96. The van der Waals surface area contributed by atoms with Crippen LogP contribution >= 0.6 is 0 Å². The zero-order chi connectivity index (χ0) is 7.84. The quantitative estimate of drug-likeness (QED) is 0.485. The number of hydrogen-bond acceptors (Lipinski definition) is 5. The molecular weight excluding hydrogens is 142 g/mol. The van der Waals surface area contributed by atoms with Gasteiger partial charge in [0, 0.05) is 7.05 Å². The van der Waals surface area contributed by atoms with Gasteiger partial charge in [0.05, 0.1) is 18.6 Å². The molecule has 5 heteroatoms. The van der Waals surface area contributed by atoms with Gasteiger partial charge in [-0.15, -0.1) is 5.10 Å². The number of amidine groups is 1. The van der Waals surface area contributed by atoms with E-state index >= 15 is 0 Å². The molecule has 0 aromatic heterocycles. The van der Waals surface area contributed by atoms with Crippen molar-refractivity contribution in [1.29, 1.82) is 0 Å². The zero-order valence-electron chi connectivity index (χ0n) is 6.18. The van der Waals surface area contributed by atoms with Gasteiger partial charge in [0.25, 0.3) is 0 Å². The fourth-order valence-corrected chi connectivity index (χ4v) is 1.23. The van der Waals surface area contributed by atoms with Crippen LogP contribution in [0.5, 0.6) is 0 Å². The van der Waals surface area contributed by atoms with Crippen LogP contribution in [-0.2, 0) is 0 Å². The number of nitrogens with zero attached hydrogens (tertiary/aromatic N) is 4. The lowest BCUT2D eigenvalue weighted by Gasteiger charge is -2.21. The average molecular weight is 151 g/mol. The van der Waals surface area contributed by atoms with E-state index in [9.17, 15) is 0 Å². The summed E-state index contributed by atoms with van der Waals surface area (Å²) in [7, 11) is 1.94. The number of rotatable bonds is 0. The molecule has 5 nitrogen and oxygen atoms in total. The largest absolute Gasteiger partial charge is 0.384 e. The number of likely N-dealkylation sites (N-methyl/N-ethyl adjacent to an activating group) is 1. The molecule has 2 aliphatic rings. The predicted octanol–water partition coefficient (Wildman–Crippen LogP) is -0.946. The molecule has 0 aromatic carbocycles. The van der Waals surface area contributed by atoms with Crippen molar-refractivity contribution in [3.05, 3.63) is 0 Å². The van der Waals surface area contributed by atoms with E-state index in [1.165, 1.54) is 0 Å². The molecule has 0 amide bonds. The summed E-state index contributed by atoms with van der Waals surface area (Å²) in [5.74, 6) is 0.498. The molecule has 0 aliphatic carbocycles. The number of hydrogen-bond donors (Lipinski definition) is 1. The van der Waals surface area contributed by atoms with Crippen LogP contribution in [0.1, 0.15) is 0 Å². The summed E-state index contributed by atoms with van der Waals surface area (Å²) in [4.78, 5) is 6.14. The smallest absolute Gasteiger partial charge is 0.149 e. The van der Waals surface area contributed by atoms with Gasteiger partial charge in [-0.05, 0) is 0 Å².